The fourth-order valence-corrected chi connectivity index (χ4v) is 4.57. The minimum Gasteiger partial charge on any atom is -0.356 e. The molecule has 3 rings (SSSR count). The molecule has 1 aliphatic carbocycles. The number of nitrogens with one attached hydrogen (secondary N) is 2. The van der Waals surface area contributed by atoms with Crippen LogP contribution in [0.2, 0.25) is 0 Å². The molecule has 22 heavy (non-hydrogen) atoms. The average molecular weight is 321 g/mol. The zero-order valence-corrected chi connectivity index (χ0v) is 14.1. The van der Waals surface area contributed by atoms with Gasteiger partial charge in [-0.05, 0) is 64.0 Å². The molecule has 0 bridgehead atoms. The molecule has 0 aromatic carbocycles. The van der Waals surface area contributed by atoms with Crippen LogP contribution in [-0.4, -0.2) is 30.5 Å². The van der Waals surface area contributed by atoms with E-state index in [0.29, 0.717) is 6.42 Å². The maximum atomic E-state index is 11.9. The number of rotatable bonds is 6. The number of carbonyl (C=O) groups is 1. The fourth-order valence-electron chi connectivity index (χ4n) is 3.42. The van der Waals surface area contributed by atoms with Gasteiger partial charge in [0.15, 0.2) is 0 Å². The quantitative estimate of drug-likeness (QED) is 0.846. The number of nitrogens with zero attached hydrogens (tertiary/aromatic N) is 1. The highest BCUT2D eigenvalue weighted by molar-refractivity contribution is 7.11. The van der Waals surface area contributed by atoms with Crippen LogP contribution in [0.25, 0.3) is 0 Å². The minimum absolute atomic E-state index is 0.208. The van der Waals surface area contributed by atoms with Crippen molar-refractivity contribution in [3.8, 4) is 0 Å². The number of thiazole rings is 1. The lowest BCUT2D eigenvalue weighted by atomic mass is 9.93. The van der Waals surface area contributed by atoms with Gasteiger partial charge in [-0.25, -0.2) is 4.98 Å². The predicted molar refractivity (Wildman–Crippen MR) is 90.3 cm³/mol. The lowest BCUT2D eigenvalue weighted by Gasteiger charge is -2.22. The molecule has 2 N–H and O–H groups in total. The molecule has 2 aliphatic rings. The summed E-state index contributed by atoms with van der Waals surface area (Å²) in [6.07, 6.45) is 9.99. The normalized spacial score (nSPS) is 18.9. The maximum Gasteiger partial charge on any atom is 0.220 e. The predicted octanol–water partition coefficient (Wildman–Crippen LogP) is 2.46. The molecular weight excluding hydrogens is 294 g/mol. The second-order valence-corrected chi connectivity index (χ2v) is 7.68. The highest BCUT2D eigenvalue weighted by Crippen LogP contribution is 2.26. The van der Waals surface area contributed by atoms with Crippen molar-refractivity contribution in [2.24, 2.45) is 5.92 Å². The summed E-state index contributed by atoms with van der Waals surface area (Å²) in [7, 11) is 0. The van der Waals surface area contributed by atoms with Crippen molar-refractivity contribution in [2.75, 3.05) is 19.6 Å². The summed E-state index contributed by atoms with van der Waals surface area (Å²) in [4.78, 5) is 18.1. The van der Waals surface area contributed by atoms with Crippen LogP contribution in [0.15, 0.2) is 0 Å². The maximum absolute atomic E-state index is 11.9. The van der Waals surface area contributed by atoms with Gasteiger partial charge in [-0.15, -0.1) is 11.3 Å². The molecule has 1 amide bonds. The molecule has 1 aliphatic heterocycles. The van der Waals surface area contributed by atoms with Crippen molar-refractivity contribution in [1.29, 1.82) is 0 Å². The Kier molecular flexibility index (Phi) is 5.84. The van der Waals surface area contributed by atoms with E-state index in [1.54, 1.807) is 0 Å². The Bertz CT molecular complexity index is 471. The Hall–Kier alpha value is -0.940. The molecule has 0 unspecified atom stereocenters. The van der Waals surface area contributed by atoms with Crippen molar-refractivity contribution in [3.05, 3.63) is 15.6 Å². The van der Waals surface area contributed by atoms with Crippen LogP contribution >= 0.6 is 11.3 Å². The van der Waals surface area contributed by atoms with Crippen LogP contribution in [0.5, 0.6) is 0 Å². The molecule has 2 heterocycles. The van der Waals surface area contributed by atoms with Gasteiger partial charge in [-0.2, -0.15) is 0 Å². The zero-order valence-electron chi connectivity index (χ0n) is 13.3. The van der Waals surface area contributed by atoms with Crippen molar-refractivity contribution < 1.29 is 4.79 Å². The fraction of sp³-hybridized carbons (Fsp3) is 0.765. The van der Waals surface area contributed by atoms with Crippen LogP contribution in [-0.2, 0) is 24.1 Å². The smallest absolute Gasteiger partial charge is 0.220 e. The van der Waals surface area contributed by atoms with Gasteiger partial charge in [-0.3, -0.25) is 4.79 Å². The molecule has 0 radical (unpaired) electrons. The SMILES string of the molecule is O=C(CCC1CCNCC1)NCCc1nc2c(s1)CCCC2. The first-order chi connectivity index (χ1) is 10.8. The molecule has 0 saturated carbocycles. The summed E-state index contributed by atoms with van der Waals surface area (Å²) in [6.45, 7) is 2.96. The molecule has 0 atom stereocenters. The number of aromatic nitrogens is 1. The molecule has 1 fully saturated rings. The van der Waals surface area contributed by atoms with E-state index in [9.17, 15) is 4.79 Å². The van der Waals surface area contributed by atoms with Gasteiger partial charge >= 0.3 is 0 Å². The lowest BCUT2D eigenvalue weighted by molar-refractivity contribution is -0.121. The monoisotopic (exact) mass is 321 g/mol. The standard InChI is InChI=1S/C17H27N3OS/c21-16(6-5-13-7-10-18-11-8-13)19-12-9-17-20-14-3-1-2-4-15(14)22-17/h13,18H,1-12H2,(H,19,21). The molecular formula is C17H27N3OS. The van der Waals surface area contributed by atoms with Gasteiger partial charge in [0, 0.05) is 24.3 Å². The van der Waals surface area contributed by atoms with Crippen LogP contribution in [0.4, 0.5) is 0 Å². The number of carbonyl (C=O) groups excluding carboxylic acids is 1. The first-order valence-corrected chi connectivity index (χ1v) is 9.58. The Morgan fingerprint density at radius 1 is 1.27 bits per heavy atom. The third-order valence-electron chi connectivity index (χ3n) is 4.79. The summed E-state index contributed by atoms with van der Waals surface area (Å²) in [5.74, 6) is 0.942. The van der Waals surface area contributed by atoms with Crippen LogP contribution in [0, 0.1) is 5.92 Å². The van der Waals surface area contributed by atoms with Gasteiger partial charge in [0.25, 0.3) is 0 Å². The summed E-state index contributed by atoms with van der Waals surface area (Å²) in [5, 5.41) is 7.63. The van der Waals surface area contributed by atoms with Crippen molar-refractivity contribution >= 4 is 17.2 Å². The number of aryl methyl sites for hydroxylation is 2. The summed E-state index contributed by atoms with van der Waals surface area (Å²) < 4.78 is 0. The summed E-state index contributed by atoms with van der Waals surface area (Å²) in [6, 6.07) is 0. The summed E-state index contributed by atoms with van der Waals surface area (Å²) in [5.41, 5.74) is 1.32. The highest BCUT2D eigenvalue weighted by atomic mass is 32.1. The first kappa shape index (κ1) is 15.9. The minimum atomic E-state index is 0.208. The Balaban J connectivity index is 1.33. The van der Waals surface area contributed by atoms with Crippen LogP contribution < -0.4 is 10.6 Å². The highest BCUT2D eigenvalue weighted by Gasteiger charge is 2.16. The molecule has 4 nitrogen and oxygen atoms in total. The first-order valence-electron chi connectivity index (χ1n) is 8.76. The molecule has 0 spiro atoms. The lowest BCUT2D eigenvalue weighted by Crippen LogP contribution is -2.30. The van der Waals surface area contributed by atoms with E-state index in [0.717, 1.165) is 44.8 Å². The third kappa shape index (κ3) is 4.53. The van der Waals surface area contributed by atoms with Gasteiger partial charge in [0.1, 0.15) is 0 Å². The molecule has 1 aromatic rings. The number of piperidine rings is 1. The van der Waals surface area contributed by atoms with E-state index in [2.05, 4.69) is 10.6 Å². The molecule has 5 heteroatoms. The van der Waals surface area contributed by atoms with Crippen molar-refractivity contribution in [2.45, 2.75) is 57.8 Å². The number of fused-ring (bicyclic) bond motifs is 1. The summed E-state index contributed by atoms with van der Waals surface area (Å²) >= 11 is 1.85. The average Bonchev–Trinajstić information content (AvgIpc) is 2.96. The Morgan fingerprint density at radius 2 is 2.09 bits per heavy atom. The third-order valence-corrected chi connectivity index (χ3v) is 6.01. The van der Waals surface area contributed by atoms with E-state index in [1.165, 1.54) is 47.7 Å². The van der Waals surface area contributed by atoms with Gasteiger partial charge in [0.2, 0.25) is 5.91 Å². The number of amides is 1. The van der Waals surface area contributed by atoms with E-state index < -0.39 is 0 Å². The Morgan fingerprint density at radius 3 is 2.91 bits per heavy atom. The molecule has 122 valence electrons. The van der Waals surface area contributed by atoms with E-state index in [1.807, 2.05) is 11.3 Å². The van der Waals surface area contributed by atoms with E-state index in [4.69, 9.17) is 4.98 Å². The van der Waals surface area contributed by atoms with Gasteiger partial charge < -0.3 is 10.6 Å². The zero-order chi connectivity index (χ0) is 15.2. The second-order valence-electron chi connectivity index (χ2n) is 6.52. The molecule has 1 saturated heterocycles. The van der Waals surface area contributed by atoms with Crippen molar-refractivity contribution in [1.82, 2.24) is 15.6 Å². The van der Waals surface area contributed by atoms with E-state index in [-0.39, 0.29) is 5.91 Å². The molecule has 1 aromatic heterocycles. The van der Waals surface area contributed by atoms with Gasteiger partial charge in [0.05, 0.1) is 10.7 Å². The van der Waals surface area contributed by atoms with Crippen molar-refractivity contribution in [3.63, 3.8) is 0 Å². The second kappa shape index (κ2) is 8.06. The topological polar surface area (TPSA) is 54.0 Å². The van der Waals surface area contributed by atoms with E-state index >= 15 is 0 Å². The van der Waals surface area contributed by atoms with Crippen LogP contribution in [0.3, 0.4) is 0 Å². The van der Waals surface area contributed by atoms with Gasteiger partial charge in [-0.1, -0.05) is 0 Å². The largest absolute Gasteiger partial charge is 0.356 e. The number of hydrogen-bond donors (Lipinski definition) is 2. The Labute approximate surface area is 137 Å². The van der Waals surface area contributed by atoms with Crippen LogP contribution in [0.1, 0.15) is 54.1 Å². The number of hydrogen-bond acceptors (Lipinski definition) is 4.